The Morgan fingerprint density at radius 3 is 1.85 bits per heavy atom. The number of halogens is 5. The second kappa shape index (κ2) is 5.29. The standard InChI is InChI=1S/C11H7F5N4/c12-6-7(13)9(15)11(10(16)8(6)14)19-4-2-1-3-5(18-4)20-17/h1-3H,17H2,(H2,18,19,20). The molecule has 4 nitrogen and oxygen atoms in total. The molecule has 0 fully saturated rings. The van der Waals surface area contributed by atoms with Crippen molar-refractivity contribution < 1.29 is 22.0 Å². The fourth-order valence-electron chi connectivity index (χ4n) is 1.43. The van der Waals surface area contributed by atoms with Crippen molar-refractivity contribution in [3.05, 3.63) is 47.3 Å². The summed E-state index contributed by atoms with van der Waals surface area (Å²) in [4.78, 5) is 3.73. The van der Waals surface area contributed by atoms with E-state index in [9.17, 15) is 22.0 Å². The number of hydrazine groups is 1. The van der Waals surface area contributed by atoms with Gasteiger partial charge in [-0.3, -0.25) is 0 Å². The van der Waals surface area contributed by atoms with Gasteiger partial charge in [0, 0.05) is 0 Å². The Morgan fingerprint density at radius 1 is 0.800 bits per heavy atom. The molecular formula is C11H7F5N4. The van der Waals surface area contributed by atoms with E-state index in [0.717, 1.165) is 0 Å². The SMILES string of the molecule is NNc1cccc(Nc2c(F)c(F)c(F)c(F)c2F)n1. The Bertz CT molecular complexity index is 632. The Balaban J connectivity index is 2.48. The van der Waals surface area contributed by atoms with Crippen LogP contribution in [-0.2, 0) is 0 Å². The highest BCUT2D eigenvalue weighted by atomic mass is 19.2. The number of nitrogens with zero attached hydrogens (tertiary/aromatic N) is 1. The quantitative estimate of drug-likeness (QED) is 0.267. The van der Waals surface area contributed by atoms with Crippen LogP contribution in [-0.4, -0.2) is 4.98 Å². The summed E-state index contributed by atoms with van der Waals surface area (Å²) in [5.41, 5.74) is 0.976. The van der Waals surface area contributed by atoms with Crippen molar-refractivity contribution in [2.24, 2.45) is 5.84 Å². The van der Waals surface area contributed by atoms with Crippen molar-refractivity contribution in [3.63, 3.8) is 0 Å². The third-order valence-corrected chi connectivity index (χ3v) is 2.36. The monoisotopic (exact) mass is 290 g/mol. The maximum absolute atomic E-state index is 13.4. The van der Waals surface area contributed by atoms with Crippen molar-refractivity contribution in [2.45, 2.75) is 0 Å². The van der Waals surface area contributed by atoms with Crippen LogP contribution in [0, 0.1) is 29.1 Å². The van der Waals surface area contributed by atoms with Gasteiger partial charge in [0.25, 0.3) is 0 Å². The average Bonchev–Trinajstić information content (AvgIpc) is 2.48. The number of anilines is 3. The summed E-state index contributed by atoms with van der Waals surface area (Å²) in [5.74, 6) is -5.19. The number of hydrogen-bond donors (Lipinski definition) is 3. The lowest BCUT2D eigenvalue weighted by Crippen LogP contribution is -2.10. The molecule has 0 radical (unpaired) electrons. The maximum Gasteiger partial charge on any atom is 0.200 e. The molecule has 1 aromatic heterocycles. The highest BCUT2D eigenvalue weighted by Gasteiger charge is 2.26. The fourth-order valence-corrected chi connectivity index (χ4v) is 1.43. The van der Waals surface area contributed by atoms with Gasteiger partial charge in [-0.15, -0.1) is 0 Å². The number of hydrogen-bond acceptors (Lipinski definition) is 4. The number of rotatable bonds is 3. The first kappa shape index (κ1) is 14.0. The van der Waals surface area contributed by atoms with Crippen LogP contribution < -0.4 is 16.6 Å². The Labute approximate surface area is 109 Å². The van der Waals surface area contributed by atoms with Crippen molar-refractivity contribution >= 4 is 17.3 Å². The van der Waals surface area contributed by atoms with Gasteiger partial charge in [-0.25, -0.2) is 32.8 Å². The van der Waals surface area contributed by atoms with Gasteiger partial charge in [-0.05, 0) is 12.1 Å². The first-order chi connectivity index (χ1) is 9.45. The van der Waals surface area contributed by atoms with E-state index in [0.29, 0.717) is 0 Å². The van der Waals surface area contributed by atoms with Gasteiger partial charge in [0.2, 0.25) is 5.82 Å². The second-order valence-electron chi connectivity index (χ2n) is 3.62. The summed E-state index contributed by atoms with van der Waals surface area (Å²) in [5, 5.41) is 2.02. The largest absolute Gasteiger partial charge is 0.335 e. The lowest BCUT2D eigenvalue weighted by Gasteiger charge is -2.10. The number of nitrogen functional groups attached to an aromatic ring is 1. The number of benzene rings is 1. The molecule has 0 aliphatic carbocycles. The molecule has 0 unspecified atom stereocenters. The molecule has 9 heteroatoms. The zero-order valence-corrected chi connectivity index (χ0v) is 9.65. The van der Waals surface area contributed by atoms with Crippen molar-refractivity contribution in [2.75, 3.05) is 10.7 Å². The zero-order valence-electron chi connectivity index (χ0n) is 9.65. The number of nitrogens with two attached hydrogens (primary N) is 1. The Hall–Kier alpha value is -2.42. The lowest BCUT2D eigenvalue weighted by atomic mass is 10.2. The Morgan fingerprint density at radius 2 is 1.30 bits per heavy atom. The normalized spacial score (nSPS) is 10.5. The minimum Gasteiger partial charge on any atom is -0.335 e. The molecule has 0 bridgehead atoms. The van der Waals surface area contributed by atoms with Crippen LogP contribution in [0.4, 0.5) is 39.3 Å². The van der Waals surface area contributed by atoms with E-state index in [1.807, 2.05) is 5.32 Å². The van der Waals surface area contributed by atoms with E-state index in [-0.39, 0.29) is 11.6 Å². The first-order valence-corrected chi connectivity index (χ1v) is 5.17. The highest BCUT2D eigenvalue weighted by Crippen LogP contribution is 2.29. The summed E-state index contributed by atoms with van der Waals surface area (Å²) in [7, 11) is 0. The summed E-state index contributed by atoms with van der Waals surface area (Å²) in [6.07, 6.45) is 0. The fraction of sp³-hybridized carbons (Fsp3) is 0. The predicted octanol–water partition coefficient (Wildman–Crippen LogP) is 2.81. The minimum atomic E-state index is -2.23. The molecule has 1 aromatic carbocycles. The van der Waals surface area contributed by atoms with Crippen molar-refractivity contribution in [1.29, 1.82) is 0 Å². The van der Waals surface area contributed by atoms with Gasteiger partial charge >= 0.3 is 0 Å². The number of aromatic nitrogens is 1. The van der Waals surface area contributed by atoms with Crippen LogP contribution in [0.3, 0.4) is 0 Å². The van der Waals surface area contributed by atoms with Gasteiger partial charge in [-0.2, -0.15) is 0 Å². The summed E-state index contributed by atoms with van der Waals surface area (Å²) in [6.45, 7) is 0. The molecule has 4 N–H and O–H groups in total. The smallest absolute Gasteiger partial charge is 0.200 e. The topological polar surface area (TPSA) is 63.0 Å². The number of pyridine rings is 1. The molecule has 0 atom stereocenters. The van der Waals surface area contributed by atoms with Crippen molar-refractivity contribution in [3.8, 4) is 0 Å². The molecular weight excluding hydrogens is 283 g/mol. The lowest BCUT2D eigenvalue weighted by molar-refractivity contribution is 0.382. The third kappa shape index (κ3) is 2.35. The molecule has 0 amide bonds. The molecule has 0 saturated heterocycles. The molecule has 1 heterocycles. The Kier molecular flexibility index (Phi) is 3.70. The maximum atomic E-state index is 13.4. The van der Waals surface area contributed by atoms with E-state index in [1.54, 1.807) is 0 Å². The van der Waals surface area contributed by atoms with Crippen LogP contribution >= 0.6 is 0 Å². The van der Waals surface area contributed by atoms with Gasteiger partial charge in [-0.1, -0.05) is 6.07 Å². The van der Waals surface area contributed by atoms with Crippen LogP contribution in [0.5, 0.6) is 0 Å². The van der Waals surface area contributed by atoms with E-state index >= 15 is 0 Å². The second-order valence-corrected chi connectivity index (χ2v) is 3.62. The van der Waals surface area contributed by atoms with Crippen LogP contribution in [0.15, 0.2) is 18.2 Å². The molecule has 0 aliphatic rings. The van der Waals surface area contributed by atoms with Crippen LogP contribution in [0.25, 0.3) is 0 Å². The predicted molar refractivity (Wildman–Crippen MR) is 61.6 cm³/mol. The highest BCUT2D eigenvalue weighted by molar-refractivity contribution is 5.59. The molecule has 106 valence electrons. The molecule has 0 aliphatic heterocycles. The molecule has 2 aromatic rings. The van der Waals surface area contributed by atoms with E-state index in [4.69, 9.17) is 5.84 Å². The number of nitrogens with one attached hydrogen (secondary N) is 2. The van der Waals surface area contributed by atoms with Gasteiger partial charge in [0.05, 0.1) is 0 Å². The third-order valence-electron chi connectivity index (χ3n) is 2.36. The van der Waals surface area contributed by atoms with Gasteiger partial charge in [0.15, 0.2) is 23.3 Å². The van der Waals surface area contributed by atoms with E-state index in [2.05, 4.69) is 10.4 Å². The van der Waals surface area contributed by atoms with Crippen LogP contribution in [0.1, 0.15) is 0 Å². The molecule has 0 saturated carbocycles. The van der Waals surface area contributed by atoms with Crippen molar-refractivity contribution in [1.82, 2.24) is 4.98 Å². The summed E-state index contributed by atoms with van der Waals surface area (Å²) >= 11 is 0. The average molecular weight is 290 g/mol. The summed E-state index contributed by atoms with van der Waals surface area (Å²) < 4.78 is 65.7. The van der Waals surface area contributed by atoms with E-state index in [1.165, 1.54) is 18.2 Å². The van der Waals surface area contributed by atoms with Gasteiger partial charge in [0.1, 0.15) is 17.3 Å². The van der Waals surface area contributed by atoms with Crippen LogP contribution in [0.2, 0.25) is 0 Å². The van der Waals surface area contributed by atoms with E-state index < -0.39 is 34.8 Å². The zero-order chi connectivity index (χ0) is 14.9. The molecule has 20 heavy (non-hydrogen) atoms. The molecule has 2 rings (SSSR count). The molecule has 0 spiro atoms. The minimum absolute atomic E-state index is 0.138. The van der Waals surface area contributed by atoms with Gasteiger partial charge < -0.3 is 10.7 Å². The first-order valence-electron chi connectivity index (χ1n) is 5.17. The summed E-state index contributed by atoms with van der Waals surface area (Å²) in [6, 6.07) is 4.11.